The molecule has 0 spiro atoms. The first-order valence-corrected chi connectivity index (χ1v) is 5.60. The number of anilines is 1. The second-order valence-corrected chi connectivity index (χ2v) is 4.40. The van der Waals surface area contributed by atoms with Crippen molar-refractivity contribution < 1.29 is 9.18 Å². The quantitative estimate of drug-likeness (QED) is 0.926. The molecule has 0 saturated carbocycles. The first-order chi connectivity index (χ1) is 8.06. The number of halogens is 2. The van der Waals surface area contributed by atoms with Crippen molar-refractivity contribution in [2.24, 2.45) is 7.05 Å². The molecule has 1 aromatic carbocycles. The highest BCUT2D eigenvalue weighted by Gasteiger charge is 2.12. The van der Waals surface area contributed by atoms with Gasteiger partial charge in [0.15, 0.2) is 0 Å². The van der Waals surface area contributed by atoms with E-state index in [1.165, 1.54) is 24.4 Å². The Kier molecular flexibility index (Phi) is 3.23. The SMILES string of the molecule is Cn1cc(NC(=O)c2cc(Br)ccc2F)cn1. The van der Waals surface area contributed by atoms with Crippen LogP contribution in [0.25, 0.3) is 0 Å². The molecule has 2 aromatic rings. The van der Waals surface area contributed by atoms with Crippen LogP contribution in [-0.2, 0) is 7.05 Å². The van der Waals surface area contributed by atoms with Crippen LogP contribution in [0.4, 0.5) is 10.1 Å². The number of carbonyl (C=O) groups is 1. The normalized spacial score (nSPS) is 10.3. The molecule has 17 heavy (non-hydrogen) atoms. The molecule has 1 amide bonds. The Morgan fingerprint density at radius 1 is 1.53 bits per heavy atom. The second kappa shape index (κ2) is 4.67. The van der Waals surface area contributed by atoms with E-state index in [2.05, 4.69) is 26.3 Å². The molecule has 1 heterocycles. The summed E-state index contributed by atoms with van der Waals surface area (Å²) in [6.07, 6.45) is 3.13. The summed E-state index contributed by atoms with van der Waals surface area (Å²) < 4.78 is 15.6. The maximum Gasteiger partial charge on any atom is 0.258 e. The largest absolute Gasteiger partial charge is 0.319 e. The van der Waals surface area contributed by atoms with E-state index in [1.54, 1.807) is 17.9 Å². The van der Waals surface area contributed by atoms with Crippen LogP contribution in [0.15, 0.2) is 35.1 Å². The van der Waals surface area contributed by atoms with Gasteiger partial charge in [0.2, 0.25) is 0 Å². The molecule has 1 N–H and O–H groups in total. The fraction of sp³-hybridized carbons (Fsp3) is 0.0909. The molecule has 0 atom stereocenters. The number of nitrogens with one attached hydrogen (secondary N) is 1. The Balaban J connectivity index is 2.22. The molecule has 2 rings (SSSR count). The predicted molar refractivity (Wildman–Crippen MR) is 65.3 cm³/mol. The molecule has 0 unspecified atom stereocenters. The van der Waals surface area contributed by atoms with E-state index in [0.29, 0.717) is 10.2 Å². The van der Waals surface area contributed by atoms with Crippen molar-refractivity contribution in [3.63, 3.8) is 0 Å². The van der Waals surface area contributed by atoms with Gasteiger partial charge in [0, 0.05) is 17.7 Å². The molecule has 0 bridgehead atoms. The molecule has 0 radical (unpaired) electrons. The Hall–Kier alpha value is -1.69. The lowest BCUT2D eigenvalue weighted by Crippen LogP contribution is -2.13. The zero-order valence-electron chi connectivity index (χ0n) is 8.95. The summed E-state index contributed by atoms with van der Waals surface area (Å²) >= 11 is 3.19. The molecule has 0 aliphatic carbocycles. The molecule has 4 nitrogen and oxygen atoms in total. The van der Waals surface area contributed by atoms with E-state index in [4.69, 9.17) is 0 Å². The van der Waals surface area contributed by atoms with E-state index in [9.17, 15) is 9.18 Å². The molecule has 88 valence electrons. The lowest BCUT2D eigenvalue weighted by atomic mass is 10.2. The van der Waals surface area contributed by atoms with Crippen molar-refractivity contribution in [1.29, 1.82) is 0 Å². The van der Waals surface area contributed by atoms with Crippen molar-refractivity contribution in [2.45, 2.75) is 0 Å². The number of amides is 1. The minimum atomic E-state index is -0.561. The van der Waals surface area contributed by atoms with E-state index in [0.717, 1.165) is 0 Å². The second-order valence-electron chi connectivity index (χ2n) is 3.48. The lowest BCUT2D eigenvalue weighted by Gasteiger charge is -2.04. The van der Waals surface area contributed by atoms with Gasteiger partial charge in [-0.3, -0.25) is 9.48 Å². The molecule has 0 fully saturated rings. The Morgan fingerprint density at radius 2 is 2.29 bits per heavy atom. The van der Waals surface area contributed by atoms with Crippen LogP contribution >= 0.6 is 15.9 Å². The summed E-state index contributed by atoms with van der Waals surface area (Å²) in [6.45, 7) is 0. The minimum absolute atomic E-state index is 0.0109. The van der Waals surface area contributed by atoms with Crippen LogP contribution in [0.5, 0.6) is 0 Å². The Morgan fingerprint density at radius 3 is 2.94 bits per heavy atom. The number of nitrogens with zero attached hydrogens (tertiary/aromatic N) is 2. The topological polar surface area (TPSA) is 46.9 Å². The molecule has 0 aliphatic heterocycles. The van der Waals surface area contributed by atoms with Crippen molar-refractivity contribution in [1.82, 2.24) is 9.78 Å². The molecule has 0 saturated heterocycles. The monoisotopic (exact) mass is 297 g/mol. The highest BCUT2D eigenvalue weighted by molar-refractivity contribution is 9.10. The first kappa shape index (κ1) is 11.8. The van der Waals surface area contributed by atoms with E-state index in [1.807, 2.05) is 0 Å². The zero-order valence-corrected chi connectivity index (χ0v) is 10.5. The van der Waals surface area contributed by atoms with Gasteiger partial charge in [-0.2, -0.15) is 5.10 Å². The predicted octanol–water partition coefficient (Wildman–Crippen LogP) is 2.57. The Labute approximate surface area is 106 Å². The molecule has 6 heteroatoms. The summed E-state index contributed by atoms with van der Waals surface area (Å²) in [7, 11) is 1.73. The van der Waals surface area contributed by atoms with Gasteiger partial charge in [0.1, 0.15) is 5.82 Å². The number of aryl methyl sites for hydroxylation is 1. The third-order valence-corrected chi connectivity index (χ3v) is 2.63. The van der Waals surface area contributed by atoms with E-state index < -0.39 is 11.7 Å². The maximum atomic E-state index is 13.4. The highest BCUT2D eigenvalue weighted by Crippen LogP contribution is 2.17. The zero-order chi connectivity index (χ0) is 12.4. The van der Waals surface area contributed by atoms with Gasteiger partial charge in [-0.15, -0.1) is 0 Å². The standard InChI is InChI=1S/C11H9BrFN3O/c1-16-6-8(5-14-16)15-11(17)9-4-7(12)2-3-10(9)13/h2-6H,1H3,(H,15,17). The van der Waals surface area contributed by atoms with Crippen molar-refractivity contribution in [2.75, 3.05) is 5.32 Å². The van der Waals surface area contributed by atoms with Crippen LogP contribution in [0, 0.1) is 5.82 Å². The number of rotatable bonds is 2. The number of hydrogen-bond acceptors (Lipinski definition) is 2. The van der Waals surface area contributed by atoms with Crippen molar-refractivity contribution in [3.05, 3.63) is 46.4 Å². The Bertz CT molecular complexity index is 568. The van der Waals surface area contributed by atoms with Crippen molar-refractivity contribution >= 4 is 27.5 Å². The van der Waals surface area contributed by atoms with Crippen LogP contribution in [0.3, 0.4) is 0 Å². The van der Waals surface area contributed by atoms with Gasteiger partial charge >= 0.3 is 0 Å². The molecule has 0 aliphatic rings. The lowest BCUT2D eigenvalue weighted by molar-refractivity contribution is 0.102. The highest BCUT2D eigenvalue weighted by atomic mass is 79.9. The summed E-state index contributed by atoms with van der Waals surface area (Å²) in [4.78, 5) is 11.8. The molecule has 1 aromatic heterocycles. The van der Waals surface area contributed by atoms with Gasteiger partial charge < -0.3 is 5.32 Å². The molecular weight excluding hydrogens is 289 g/mol. The third-order valence-electron chi connectivity index (χ3n) is 2.14. The summed E-state index contributed by atoms with van der Waals surface area (Å²) in [5.41, 5.74) is 0.514. The van der Waals surface area contributed by atoms with Gasteiger partial charge in [-0.25, -0.2) is 4.39 Å². The average molecular weight is 298 g/mol. The number of benzene rings is 1. The minimum Gasteiger partial charge on any atom is -0.319 e. The molecular formula is C11H9BrFN3O. The van der Waals surface area contributed by atoms with Gasteiger partial charge in [-0.1, -0.05) is 15.9 Å². The van der Waals surface area contributed by atoms with Gasteiger partial charge in [0.05, 0.1) is 17.4 Å². The third kappa shape index (κ3) is 2.71. The first-order valence-electron chi connectivity index (χ1n) is 4.81. The number of carbonyl (C=O) groups excluding carboxylic acids is 1. The van der Waals surface area contributed by atoms with E-state index in [-0.39, 0.29) is 5.56 Å². The summed E-state index contributed by atoms with van der Waals surface area (Å²) in [5.74, 6) is -1.06. The van der Waals surface area contributed by atoms with Crippen LogP contribution < -0.4 is 5.32 Å². The number of aromatic nitrogens is 2. The number of hydrogen-bond donors (Lipinski definition) is 1. The smallest absolute Gasteiger partial charge is 0.258 e. The van der Waals surface area contributed by atoms with Crippen LogP contribution in [0.2, 0.25) is 0 Å². The summed E-state index contributed by atoms with van der Waals surface area (Å²) in [6, 6.07) is 4.21. The summed E-state index contributed by atoms with van der Waals surface area (Å²) in [5, 5.41) is 6.47. The van der Waals surface area contributed by atoms with Crippen LogP contribution in [-0.4, -0.2) is 15.7 Å². The average Bonchev–Trinajstić information content (AvgIpc) is 2.67. The van der Waals surface area contributed by atoms with Crippen molar-refractivity contribution in [3.8, 4) is 0 Å². The van der Waals surface area contributed by atoms with Crippen LogP contribution in [0.1, 0.15) is 10.4 Å². The fourth-order valence-electron chi connectivity index (χ4n) is 1.36. The van der Waals surface area contributed by atoms with Gasteiger partial charge in [-0.05, 0) is 18.2 Å². The van der Waals surface area contributed by atoms with E-state index >= 15 is 0 Å². The fourth-order valence-corrected chi connectivity index (χ4v) is 1.72. The maximum absolute atomic E-state index is 13.4. The van der Waals surface area contributed by atoms with Gasteiger partial charge in [0.25, 0.3) is 5.91 Å².